The maximum absolute atomic E-state index is 5.72. The summed E-state index contributed by atoms with van der Waals surface area (Å²) in [6.07, 6.45) is 6.96. The van der Waals surface area contributed by atoms with Gasteiger partial charge in [0.2, 0.25) is 0 Å². The van der Waals surface area contributed by atoms with E-state index in [2.05, 4.69) is 25.8 Å². The summed E-state index contributed by atoms with van der Waals surface area (Å²) in [6.45, 7) is 5.34. The van der Waals surface area contributed by atoms with Crippen molar-refractivity contribution in [2.24, 2.45) is 11.7 Å². The fourth-order valence-electron chi connectivity index (χ4n) is 2.69. The Morgan fingerprint density at radius 2 is 2.00 bits per heavy atom. The normalized spacial score (nSPS) is 30.6. The van der Waals surface area contributed by atoms with Crippen LogP contribution in [-0.4, -0.2) is 30.6 Å². The minimum atomic E-state index is 0.534. The summed E-state index contributed by atoms with van der Waals surface area (Å²) in [5, 5.41) is 0. The summed E-state index contributed by atoms with van der Waals surface area (Å²) in [4.78, 5) is 2.51. The predicted octanol–water partition coefficient (Wildman–Crippen LogP) is 2.23. The second kappa shape index (κ2) is 5.72. The third-order valence-electron chi connectivity index (χ3n) is 3.95. The molecule has 1 fully saturated rings. The Balaban J connectivity index is 2.53. The Hall–Kier alpha value is -0.0800. The third-order valence-corrected chi connectivity index (χ3v) is 3.95. The maximum atomic E-state index is 5.72. The van der Waals surface area contributed by atoms with E-state index >= 15 is 0 Å². The molecule has 84 valence electrons. The van der Waals surface area contributed by atoms with Gasteiger partial charge in [0, 0.05) is 18.6 Å². The molecule has 0 aliphatic heterocycles. The van der Waals surface area contributed by atoms with E-state index in [0.29, 0.717) is 6.04 Å². The van der Waals surface area contributed by atoms with E-state index in [1.54, 1.807) is 0 Å². The van der Waals surface area contributed by atoms with Gasteiger partial charge in [-0.05, 0) is 32.7 Å². The van der Waals surface area contributed by atoms with Crippen LogP contribution in [0, 0.1) is 5.92 Å². The molecule has 3 atom stereocenters. The lowest BCUT2D eigenvalue weighted by molar-refractivity contribution is 0.0962. The zero-order valence-electron chi connectivity index (χ0n) is 10.00. The first kappa shape index (κ1) is 12.0. The second-order valence-corrected chi connectivity index (χ2v) is 4.77. The highest BCUT2D eigenvalue weighted by Crippen LogP contribution is 2.30. The van der Waals surface area contributed by atoms with Crippen molar-refractivity contribution >= 4 is 0 Å². The molecule has 14 heavy (non-hydrogen) atoms. The molecule has 2 heteroatoms. The average Bonchev–Trinajstić information content (AvgIpc) is 2.26. The molecule has 2 N–H and O–H groups in total. The van der Waals surface area contributed by atoms with Gasteiger partial charge in [0.05, 0.1) is 0 Å². The van der Waals surface area contributed by atoms with E-state index < -0.39 is 0 Å². The molecular formula is C12H26N2. The molecule has 1 aliphatic rings. The van der Waals surface area contributed by atoms with Gasteiger partial charge in [0.25, 0.3) is 0 Å². The van der Waals surface area contributed by atoms with Crippen LogP contribution in [-0.2, 0) is 0 Å². The van der Waals surface area contributed by atoms with Crippen LogP contribution >= 0.6 is 0 Å². The Morgan fingerprint density at radius 1 is 1.36 bits per heavy atom. The number of nitrogens with two attached hydrogens (primary N) is 1. The second-order valence-electron chi connectivity index (χ2n) is 4.77. The van der Waals surface area contributed by atoms with E-state index in [4.69, 9.17) is 5.73 Å². The van der Waals surface area contributed by atoms with Crippen LogP contribution in [0.2, 0.25) is 0 Å². The van der Waals surface area contributed by atoms with Gasteiger partial charge < -0.3 is 5.73 Å². The first-order valence-corrected chi connectivity index (χ1v) is 6.12. The Kier molecular flexibility index (Phi) is 4.90. The summed E-state index contributed by atoms with van der Waals surface area (Å²) >= 11 is 0. The molecule has 0 saturated heterocycles. The first-order valence-electron chi connectivity index (χ1n) is 6.12. The molecule has 0 aromatic carbocycles. The van der Waals surface area contributed by atoms with Gasteiger partial charge in [0.15, 0.2) is 0 Å². The minimum Gasteiger partial charge on any atom is -0.329 e. The topological polar surface area (TPSA) is 29.3 Å². The molecule has 2 nitrogen and oxygen atoms in total. The molecule has 0 heterocycles. The summed E-state index contributed by atoms with van der Waals surface area (Å²) in [5.41, 5.74) is 5.72. The summed E-state index contributed by atoms with van der Waals surface area (Å²) in [5.74, 6) is 0.905. The van der Waals surface area contributed by atoms with Crippen LogP contribution < -0.4 is 5.73 Å². The molecule has 0 radical (unpaired) electrons. The van der Waals surface area contributed by atoms with E-state index in [-0.39, 0.29) is 0 Å². The molecule has 3 unspecified atom stereocenters. The monoisotopic (exact) mass is 198 g/mol. The molecule has 1 saturated carbocycles. The van der Waals surface area contributed by atoms with Crippen molar-refractivity contribution in [1.29, 1.82) is 0 Å². The van der Waals surface area contributed by atoms with Gasteiger partial charge in [-0.1, -0.05) is 26.2 Å². The van der Waals surface area contributed by atoms with Gasteiger partial charge in [-0.15, -0.1) is 0 Å². The van der Waals surface area contributed by atoms with Crippen LogP contribution in [0.3, 0.4) is 0 Å². The van der Waals surface area contributed by atoms with E-state index in [1.165, 1.54) is 32.1 Å². The van der Waals surface area contributed by atoms with Gasteiger partial charge in [-0.3, -0.25) is 4.90 Å². The largest absolute Gasteiger partial charge is 0.329 e. The first-order chi connectivity index (χ1) is 6.70. The van der Waals surface area contributed by atoms with Crippen molar-refractivity contribution in [1.82, 2.24) is 4.90 Å². The SMILES string of the molecule is CCC1CCCCC1N(C)C(C)CN. The van der Waals surface area contributed by atoms with E-state index in [9.17, 15) is 0 Å². The number of hydrogen-bond acceptors (Lipinski definition) is 2. The van der Waals surface area contributed by atoms with Gasteiger partial charge in [0.1, 0.15) is 0 Å². The number of likely N-dealkylation sites (N-methyl/N-ethyl adjacent to an activating group) is 1. The highest BCUT2D eigenvalue weighted by atomic mass is 15.2. The Morgan fingerprint density at radius 3 is 2.57 bits per heavy atom. The van der Waals surface area contributed by atoms with E-state index in [1.807, 2.05) is 0 Å². The summed E-state index contributed by atoms with van der Waals surface area (Å²) in [6, 6.07) is 1.32. The zero-order valence-corrected chi connectivity index (χ0v) is 10.00. The number of hydrogen-bond donors (Lipinski definition) is 1. The predicted molar refractivity (Wildman–Crippen MR) is 62.3 cm³/mol. The highest BCUT2D eigenvalue weighted by Gasteiger charge is 2.28. The smallest absolute Gasteiger partial charge is 0.0190 e. The van der Waals surface area contributed by atoms with Crippen molar-refractivity contribution < 1.29 is 0 Å². The minimum absolute atomic E-state index is 0.534. The van der Waals surface area contributed by atoms with Crippen molar-refractivity contribution in [3.05, 3.63) is 0 Å². The molecule has 1 aliphatic carbocycles. The third kappa shape index (κ3) is 2.71. The van der Waals surface area contributed by atoms with Crippen LogP contribution in [0.15, 0.2) is 0 Å². The number of rotatable bonds is 4. The van der Waals surface area contributed by atoms with Crippen molar-refractivity contribution in [3.63, 3.8) is 0 Å². The lowest BCUT2D eigenvalue weighted by Crippen LogP contribution is -2.47. The number of nitrogens with zero attached hydrogens (tertiary/aromatic N) is 1. The van der Waals surface area contributed by atoms with Gasteiger partial charge in [-0.25, -0.2) is 0 Å². The molecule has 0 aromatic rings. The van der Waals surface area contributed by atoms with Crippen molar-refractivity contribution in [3.8, 4) is 0 Å². The van der Waals surface area contributed by atoms with Crippen molar-refractivity contribution in [2.75, 3.05) is 13.6 Å². The fourth-order valence-corrected chi connectivity index (χ4v) is 2.69. The maximum Gasteiger partial charge on any atom is 0.0190 e. The lowest BCUT2D eigenvalue weighted by Gasteiger charge is -2.40. The van der Waals surface area contributed by atoms with Crippen LogP contribution in [0.5, 0.6) is 0 Å². The molecule has 0 spiro atoms. The molecule has 0 bridgehead atoms. The van der Waals surface area contributed by atoms with Crippen LogP contribution in [0.25, 0.3) is 0 Å². The standard InChI is InChI=1S/C12H26N2/c1-4-11-7-5-6-8-12(11)14(3)10(2)9-13/h10-12H,4-9,13H2,1-3H3. The highest BCUT2D eigenvalue weighted by molar-refractivity contribution is 4.83. The molecule has 0 amide bonds. The Labute approximate surface area is 88.8 Å². The molecule has 1 rings (SSSR count). The van der Waals surface area contributed by atoms with E-state index in [0.717, 1.165) is 18.5 Å². The quantitative estimate of drug-likeness (QED) is 0.750. The van der Waals surface area contributed by atoms with Gasteiger partial charge >= 0.3 is 0 Å². The van der Waals surface area contributed by atoms with Crippen molar-refractivity contribution in [2.45, 2.75) is 58.0 Å². The van der Waals surface area contributed by atoms with Gasteiger partial charge in [-0.2, -0.15) is 0 Å². The zero-order chi connectivity index (χ0) is 10.6. The molecule has 0 aromatic heterocycles. The fraction of sp³-hybridized carbons (Fsp3) is 1.00. The summed E-state index contributed by atoms with van der Waals surface area (Å²) < 4.78 is 0. The Bertz CT molecular complexity index is 158. The van der Waals surface area contributed by atoms with Crippen LogP contribution in [0.4, 0.5) is 0 Å². The van der Waals surface area contributed by atoms with Crippen LogP contribution in [0.1, 0.15) is 46.0 Å². The average molecular weight is 198 g/mol. The molecular weight excluding hydrogens is 172 g/mol. The lowest BCUT2D eigenvalue weighted by atomic mass is 9.81. The summed E-state index contributed by atoms with van der Waals surface area (Å²) in [7, 11) is 2.25.